The second-order valence-corrected chi connectivity index (χ2v) is 8.53. The number of anilines is 1. The fraction of sp³-hybridized carbons (Fsp3) is 0.375. The van der Waals surface area contributed by atoms with Gasteiger partial charge in [-0.2, -0.15) is 0 Å². The average molecular weight is 450 g/mol. The van der Waals surface area contributed by atoms with E-state index in [0.717, 1.165) is 17.5 Å². The highest BCUT2D eigenvalue weighted by Crippen LogP contribution is 2.33. The van der Waals surface area contributed by atoms with Gasteiger partial charge in [0.2, 0.25) is 18.6 Å². The van der Waals surface area contributed by atoms with E-state index in [-0.39, 0.29) is 37.7 Å². The number of carbonyl (C=O) groups excluding carboxylic acids is 3. The van der Waals surface area contributed by atoms with Gasteiger partial charge < -0.3 is 25.0 Å². The first-order chi connectivity index (χ1) is 16.0. The van der Waals surface area contributed by atoms with Crippen LogP contribution < -0.4 is 20.1 Å². The Morgan fingerprint density at radius 3 is 2.82 bits per heavy atom. The van der Waals surface area contributed by atoms with E-state index in [4.69, 9.17) is 9.47 Å². The Labute approximate surface area is 191 Å². The Morgan fingerprint density at radius 2 is 1.97 bits per heavy atom. The normalized spacial score (nSPS) is 21.7. The standard InChI is InChI=1S/C24H26N4O5/c1-15-5-2-3-6-17(15)26-21(29)13-27-18-7-4-10-25-22(18)23(30)28(24(27)31)12-16-8-9-19-20(11-16)33-14-32-19/h2-3,5-6,8-9,11,18,22,25H,4,7,10,12-14H2,1H3,(H,26,29). The molecule has 0 saturated carbocycles. The molecule has 3 aliphatic heterocycles. The fourth-order valence-electron chi connectivity index (χ4n) is 4.63. The zero-order valence-corrected chi connectivity index (χ0v) is 18.4. The predicted octanol–water partition coefficient (Wildman–Crippen LogP) is 2.25. The van der Waals surface area contributed by atoms with Crippen LogP contribution in [0.15, 0.2) is 42.5 Å². The van der Waals surface area contributed by atoms with Crippen molar-refractivity contribution in [1.82, 2.24) is 15.1 Å². The van der Waals surface area contributed by atoms with Gasteiger partial charge in [-0.25, -0.2) is 4.79 Å². The first-order valence-corrected chi connectivity index (χ1v) is 11.1. The van der Waals surface area contributed by atoms with Crippen LogP contribution >= 0.6 is 0 Å². The third kappa shape index (κ3) is 4.11. The molecule has 3 heterocycles. The van der Waals surface area contributed by atoms with E-state index >= 15 is 0 Å². The Balaban J connectivity index is 1.36. The second-order valence-electron chi connectivity index (χ2n) is 8.53. The van der Waals surface area contributed by atoms with Crippen molar-refractivity contribution < 1.29 is 23.9 Å². The number of fused-ring (bicyclic) bond motifs is 2. The molecular formula is C24H26N4O5. The van der Waals surface area contributed by atoms with E-state index in [9.17, 15) is 14.4 Å². The number of amides is 4. The molecule has 2 aromatic rings. The second kappa shape index (κ2) is 8.74. The maximum absolute atomic E-state index is 13.5. The number of para-hydroxylation sites is 1. The summed E-state index contributed by atoms with van der Waals surface area (Å²) in [6.45, 7) is 2.73. The van der Waals surface area contributed by atoms with Gasteiger partial charge >= 0.3 is 6.03 Å². The van der Waals surface area contributed by atoms with Gasteiger partial charge in [0, 0.05) is 5.69 Å². The van der Waals surface area contributed by atoms with Crippen LogP contribution in [0.5, 0.6) is 11.5 Å². The van der Waals surface area contributed by atoms with Crippen molar-refractivity contribution in [3.8, 4) is 11.5 Å². The number of hydrogen-bond acceptors (Lipinski definition) is 6. The minimum atomic E-state index is -0.531. The van der Waals surface area contributed by atoms with Gasteiger partial charge in [0.1, 0.15) is 12.6 Å². The van der Waals surface area contributed by atoms with Gasteiger partial charge in [-0.3, -0.25) is 14.5 Å². The van der Waals surface area contributed by atoms with E-state index in [0.29, 0.717) is 30.2 Å². The number of hydrogen-bond donors (Lipinski definition) is 2. The van der Waals surface area contributed by atoms with E-state index < -0.39 is 12.1 Å². The lowest BCUT2D eigenvalue weighted by Crippen LogP contribution is -2.70. The monoisotopic (exact) mass is 450 g/mol. The van der Waals surface area contributed by atoms with Crippen molar-refractivity contribution in [2.45, 2.75) is 38.4 Å². The average Bonchev–Trinajstić information content (AvgIpc) is 3.29. The topological polar surface area (TPSA) is 100 Å². The molecule has 9 nitrogen and oxygen atoms in total. The quantitative estimate of drug-likeness (QED) is 0.725. The first kappa shape index (κ1) is 21.3. The molecule has 0 aromatic heterocycles. The summed E-state index contributed by atoms with van der Waals surface area (Å²) < 4.78 is 10.8. The van der Waals surface area contributed by atoms with Crippen molar-refractivity contribution >= 4 is 23.5 Å². The molecule has 172 valence electrons. The van der Waals surface area contributed by atoms with Crippen LogP contribution in [0.2, 0.25) is 0 Å². The van der Waals surface area contributed by atoms with Crippen LogP contribution in [0, 0.1) is 6.92 Å². The fourth-order valence-corrected chi connectivity index (χ4v) is 4.63. The molecule has 0 bridgehead atoms. The highest BCUT2D eigenvalue weighted by molar-refractivity contribution is 6.03. The number of aryl methyl sites for hydroxylation is 1. The lowest BCUT2D eigenvalue weighted by molar-refractivity contribution is -0.138. The summed E-state index contributed by atoms with van der Waals surface area (Å²) in [5, 5.41) is 6.14. The molecule has 2 N–H and O–H groups in total. The number of imide groups is 1. The Kier molecular flexibility index (Phi) is 5.63. The number of carbonyl (C=O) groups is 3. The molecule has 2 saturated heterocycles. The zero-order chi connectivity index (χ0) is 22.9. The van der Waals surface area contributed by atoms with Crippen molar-refractivity contribution in [1.29, 1.82) is 0 Å². The van der Waals surface area contributed by atoms with Crippen LogP contribution in [0.4, 0.5) is 10.5 Å². The Bertz CT molecular complexity index is 1100. The van der Waals surface area contributed by atoms with E-state index in [1.54, 1.807) is 12.1 Å². The van der Waals surface area contributed by atoms with Gasteiger partial charge in [-0.1, -0.05) is 24.3 Å². The van der Waals surface area contributed by atoms with Crippen molar-refractivity contribution in [3.05, 3.63) is 53.6 Å². The molecule has 3 aliphatic rings. The van der Waals surface area contributed by atoms with Gasteiger partial charge in [-0.05, 0) is 55.6 Å². The maximum atomic E-state index is 13.5. The molecule has 33 heavy (non-hydrogen) atoms. The van der Waals surface area contributed by atoms with Crippen LogP contribution in [0.1, 0.15) is 24.0 Å². The van der Waals surface area contributed by atoms with Crippen LogP contribution in [0.25, 0.3) is 0 Å². The van der Waals surface area contributed by atoms with Crippen molar-refractivity contribution in [2.24, 2.45) is 0 Å². The summed E-state index contributed by atoms with van der Waals surface area (Å²) in [7, 11) is 0. The van der Waals surface area contributed by atoms with Gasteiger partial charge in [0.05, 0.1) is 12.6 Å². The SMILES string of the molecule is Cc1ccccc1NC(=O)CN1C(=O)N(Cc2ccc3c(c2)OCO3)C(=O)C2NCCCC21. The molecule has 4 amide bonds. The largest absolute Gasteiger partial charge is 0.454 e. The molecule has 2 aromatic carbocycles. The van der Waals surface area contributed by atoms with Crippen molar-refractivity contribution in [2.75, 3.05) is 25.2 Å². The zero-order valence-electron chi connectivity index (χ0n) is 18.4. The summed E-state index contributed by atoms with van der Waals surface area (Å²) in [5.41, 5.74) is 2.39. The number of nitrogens with one attached hydrogen (secondary N) is 2. The van der Waals surface area contributed by atoms with Crippen LogP contribution in [-0.4, -0.2) is 59.6 Å². The first-order valence-electron chi connectivity index (χ1n) is 11.1. The number of ether oxygens (including phenoxy) is 2. The molecule has 9 heteroatoms. The summed E-state index contributed by atoms with van der Waals surface area (Å²) in [4.78, 5) is 42.3. The summed E-state index contributed by atoms with van der Waals surface area (Å²) in [6, 6.07) is 11.5. The Hall–Kier alpha value is -3.59. The highest BCUT2D eigenvalue weighted by Gasteiger charge is 2.47. The highest BCUT2D eigenvalue weighted by atomic mass is 16.7. The summed E-state index contributed by atoms with van der Waals surface area (Å²) in [6.07, 6.45) is 1.50. The van der Waals surface area contributed by atoms with Gasteiger partial charge in [-0.15, -0.1) is 0 Å². The predicted molar refractivity (Wildman–Crippen MR) is 120 cm³/mol. The maximum Gasteiger partial charge on any atom is 0.327 e. The minimum absolute atomic E-state index is 0.0924. The van der Waals surface area contributed by atoms with Crippen LogP contribution in [-0.2, 0) is 16.1 Å². The number of piperidine rings is 1. The number of rotatable bonds is 5. The van der Waals surface area contributed by atoms with Crippen LogP contribution in [0.3, 0.4) is 0 Å². The third-order valence-corrected chi connectivity index (χ3v) is 6.35. The number of urea groups is 1. The lowest BCUT2D eigenvalue weighted by atomic mass is 9.93. The van der Waals surface area contributed by atoms with Gasteiger partial charge in [0.25, 0.3) is 0 Å². The smallest absolute Gasteiger partial charge is 0.327 e. The number of nitrogens with zero attached hydrogens (tertiary/aromatic N) is 2. The van der Waals surface area contributed by atoms with E-state index in [1.807, 2.05) is 37.3 Å². The molecule has 2 atom stereocenters. The molecular weight excluding hydrogens is 424 g/mol. The molecule has 0 radical (unpaired) electrons. The minimum Gasteiger partial charge on any atom is -0.454 e. The van der Waals surface area contributed by atoms with E-state index in [2.05, 4.69) is 10.6 Å². The summed E-state index contributed by atoms with van der Waals surface area (Å²) in [5.74, 6) is 0.670. The molecule has 5 rings (SSSR count). The van der Waals surface area contributed by atoms with Crippen molar-refractivity contribution in [3.63, 3.8) is 0 Å². The van der Waals surface area contributed by atoms with Gasteiger partial charge in [0.15, 0.2) is 11.5 Å². The molecule has 0 aliphatic carbocycles. The Morgan fingerprint density at radius 1 is 1.15 bits per heavy atom. The number of benzene rings is 2. The molecule has 2 unspecified atom stereocenters. The lowest BCUT2D eigenvalue weighted by Gasteiger charge is -2.46. The van der Waals surface area contributed by atoms with E-state index in [1.165, 1.54) is 9.80 Å². The molecule has 2 fully saturated rings. The summed E-state index contributed by atoms with van der Waals surface area (Å²) >= 11 is 0. The molecule has 0 spiro atoms. The third-order valence-electron chi connectivity index (χ3n) is 6.35.